The van der Waals surface area contributed by atoms with Crippen molar-refractivity contribution in [1.82, 2.24) is 5.32 Å². The van der Waals surface area contributed by atoms with E-state index in [9.17, 15) is 10.1 Å². The summed E-state index contributed by atoms with van der Waals surface area (Å²) >= 11 is 1.16. The molecule has 0 spiro atoms. The number of halogens is 1. The van der Waals surface area contributed by atoms with Crippen molar-refractivity contribution in [3.63, 3.8) is 0 Å². The van der Waals surface area contributed by atoms with Gasteiger partial charge < -0.3 is 10.1 Å². The van der Waals surface area contributed by atoms with Gasteiger partial charge in [0.15, 0.2) is 0 Å². The molecule has 2 rings (SSSR count). The number of nitro groups is 1. The quantitative estimate of drug-likeness (QED) is 0.641. The van der Waals surface area contributed by atoms with E-state index in [1.165, 1.54) is 0 Å². The van der Waals surface area contributed by atoms with Crippen LogP contribution in [0.5, 0.6) is 0 Å². The van der Waals surface area contributed by atoms with Crippen LogP contribution in [0.2, 0.25) is 0 Å². The minimum absolute atomic E-state index is 0. The van der Waals surface area contributed by atoms with E-state index in [1.807, 2.05) is 5.38 Å². The summed E-state index contributed by atoms with van der Waals surface area (Å²) in [5.74, 6) is 0. The molecule has 7 heteroatoms. The van der Waals surface area contributed by atoms with E-state index >= 15 is 0 Å². The summed E-state index contributed by atoms with van der Waals surface area (Å²) in [6.45, 7) is 2.10. The zero-order chi connectivity index (χ0) is 9.97. The molecule has 0 aliphatic carbocycles. The van der Waals surface area contributed by atoms with Crippen molar-refractivity contribution in [1.29, 1.82) is 0 Å². The molecule has 5 nitrogen and oxygen atoms in total. The Morgan fingerprint density at radius 3 is 3.00 bits per heavy atom. The van der Waals surface area contributed by atoms with Gasteiger partial charge in [-0.05, 0) is 5.56 Å². The molecule has 2 heterocycles. The Bertz CT molecular complexity index is 338. The van der Waals surface area contributed by atoms with Crippen LogP contribution in [0.25, 0.3) is 0 Å². The lowest BCUT2D eigenvalue weighted by molar-refractivity contribution is -0.380. The standard InChI is InChI=1S/C8H10N2O3S.ClH/c11-10(12)8-3-6(5-14-8)7-4-13-2-1-9-7;/h3,5,7,9H,1-2,4H2;1H/t7-;/m0./s1. The molecule has 0 radical (unpaired) electrons. The number of nitrogens with zero attached hydrogens (tertiary/aromatic N) is 1. The molecule has 1 aliphatic heterocycles. The van der Waals surface area contributed by atoms with E-state index in [1.54, 1.807) is 6.07 Å². The average Bonchev–Trinajstić information content (AvgIpc) is 2.68. The van der Waals surface area contributed by atoms with Crippen LogP contribution in [0.4, 0.5) is 5.00 Å². The number of thiophene rings is 1. The van der Waals surface area contributed by atoms with Crippen LogP contribution in [0.1, 0.15) is 11.6 Å². The van der Waals surface area contributed by atoms with Crippen LogP contribution in [0.3, 0.4) is 0 Å². The zero-order valence-corrected chi connectivity index (χ0v) is 9.47. The van der Waals surface area contributed by atoms with Crippen LogP contribution in [0.15, 0.2) is 11.4 Å². The summed E-state index contributed by atoms with van der Waals surface area (Å²) in [6, 6.07) is 1.71. The summed E-state index contributed by atoms with van der Waals surface area (Å²) < 4.78 is 5.28. The van der Waals surface area contributed by atoms with Gasteiger partial charge in [-0.25, -0.2) is 0 Å². The van der Waals surface area contributed by atoms with Crippen LogP contribution >= 0.6 is 23.7 Å². The van der Waals surface area contributed by atoms with Crippen molar-refractivity contribution >= 4 is 28.7 Å². The fourth-order valence-electron chi connectivity index (χ4n) is 1.40. The molecular formula is C8H11ClN2O3S. The predicted octanol–water partition coefficient (Wildman–Crippen LogP) is 1.74. The van der Waals surface area contributed by atoms with Gasteiger partial charge in [-0.2, -0.15) is 0 Å². The fraction of sp³-hybridized carbons (Fsp3) is 0.500. The third-order valence-electron chi connectivity index (χ3n) is 2.11. The molecule has 84 valence electrons. The minimum atomic E-state index is -0.363. The van der Waals surface area contributed by atoms with Gasteiger partial charge in [-0.15, -0.1) is 12.4 Å². The second-order valence-electron chi connectivity index (χ2n) is 3.06. The monoisotopic (exact) mass is 250 g/mol. The molecule has 1 aromatic rings. The van der Waals surface area contributed by atoms with Crippen molar-refractivity contribution in [3.8, 4) is 0 Å². The van der Waals surface area contributed by atoms with Gasteiger partial charge in [0.1, 0.15) is 0 Å². The molecule has 0 bridgehead atoms. The summed E-state index contributed by atoms with van der Waals surface area (Å²) in [6.07, 6.45) is 0. The van der Waals surface area contributed by atoms with Gasteiger partial charge in [-0.3, -0.25) is 10.1 Å². The Kier molecular flexibility index (Phi) is 4.46. The third kappa shape index (κ3) is 2.88. The number of rotatable bonds is 2. The zero-order valence-electron chi connectivity index (χ0n) is 7.84. The highest BCUT2D eigenvalue weighted by atomic mass is 35.5. The molecular weight excluding hydrogens is 240 g/mol. The first kappa shape index (κ1) is 12.4. The van der Waals surface area contributed by atoms with Gasteiger partial charge in [-0.1, -0.05) is 11.3 Å². The average molecular weight is 251 g/mol. The Morgan fingerprint density at radius 2 is 2.47 bits per heavy atom. The van der Waals surface area contributed by atoms with E-state index in [0.29, 0.717) is 13.2 Å². The SMILES string of the molecule is Cl.O=[N+]([O-])c1cc([C@@H]2COCCN2)cs1. The maximum Gasteiger partial charge on any atom is 0.324 e. The number of morpholine rings is 1. The van der Waals surface area contributed by atoms with E-state index in [2.05, 4.69) is 5.32 Å². The largest absolute Gasteiger partial charge is 0.378 e. The Balaban J connectivity index is 0.00000112. The van der Waals surface area contributed by atoms with Gasteiger partial charge in [0.05, 0.1) is 24.2 Å². The highest BCUT2D eigenvalue weighted by Gasteiger charge is 2.19. The summed E-state index contributed by atoms with van der Waals surface area (Å²) in [5, 5.41) is 15.7. The summed E-state index contributed by atoms with van der Waals surface area (Å²) in [4.78, 5) is 10.1. The van der Waals surface area contributed by atoms with E-state index in [4.69, 9.17) is 4.74 Å². The molecule has 1 N–H and O–H groups in total. The maximum absolute atomic E-state index is 10.5. The van der Waals surface area contributed by atoms with Crippen LogP contribution in [-0.4, -0.2) is 24.7 Å². The molecule has 1 atom stereocenters. The Hall–Kier alpha value is -0.690. The number of hydrogen-bond acceptors (Lipinski definition) is 5. The second kappa shape index (κ2) is 5.41. The van der Waals surface area contributed by atoms with E-state index < -0.39 is 0 Å². The van der Waals surface area contributed by atoms with Crippen molar-refractivity contribution in [3.05, 3.63) is 27.1 Å². The molecule has 0 saturated carbocycles. The number of hydrogen-bond donors (Lipinski definition) is 1. The van der Waals surface area contributed by atoms with Gasteiger partial charge in [0.25, 0.3) is 0 Å². The Labute approximate surface area is 97.0 Å². The van der Waals surface area contributed by atoms with Crippen LogP contribution in [0, 0.1) is 10.1 Å². The molecule has 0 aromatic carbocycles. The lowest BCUT2D eigenvalue weighted by Crippen LogP contribution is -2.34. The normalized spacial score (nSPS) is 20.7. The molecule has 1 fully saturated rings. The molecule has 0 unspecified atom stereocenters. The number of nitrogens with one attached hydrogen (secondary N) is 1. The minimum Gasteiger partial charge on any atom is -0.378 e. The second-order valence-corrected chi connectivity index (χ2v) is 3.95. The first-order valence-electron chi connectivity index (χ1n) is 4.31. The summed E-state index contributed by atoms with van der Waals surface area (Å²) in [7, 11) is 0. The van der Waals surface area contributed by atoms with Gasteiger partial charge in [0.2, 0.25) is 0 Å². The van der Waals surface area contributed by atoms with Crippen LogP contribution < -0.4 is 5.32 Å². The number of ether oxygens (including phenoxy) is 1. The first-order valence-corrected chi connectivity index (χ1v) is 5.19. The summed E-state index contributed by atoms with van der Waals surface area (Å²) in [5.41, 5.74) is 0.946. The van der Waals surface area contributed by atoms with E-state index in [-0.39, 0.29) is 28.4 Å². The third-order valence-corrected chi connectivity index (χ3v) is 3.01. The van der Waals surface area contributed by atoms with Crippen molar-refractivity contribution in [2.45, 2.75) is 6.04 Å². The molecule has 15 heavy (non-hydrogen) atoms. The first-order chi connectivity index (χ1) is 6.77. The topological polar surface area (TPSA) is 64.4 Å². The molecule has 0 amide bonds. The van der Waals surface area contributed by atoms with Gasteiger partial charge in [0, 0.05) is 18.0 Å². The molecule has 1 aliphatic rings. The highest BCUT2D eigenvalue weighted by molar-refractivity contribution is 7.13. The smallest absolute Gasteiger partial charge is 0.324 e. The molecule has 1 aromatic heterocycles. The van der Waals surface area contributed by atoms with E-state index in [0.717, 1.165) is 23.4 Å². The lowest BCUT2D eigenvalue weighted by Gasteiger charge is -2.22. The Morgan fingerprint density at radius 1 is 1.67 bits per heavy atom. The lowest BCUT2D eigenvalue weighted by atomic mass is 10.1. The van der Waals surface area contributed by atoms with Crippen molar-refractivity contribution in [2.75, 3.05) is 19.8 Å². The fourth-order valence-corrected chi connectivity index (χ4v) is 2.18. The molecule has 1 saturated heterocycles. The maximum atomic E-state index is 10.5. The highest BCUT2D eigenvalue weighted by Crippen LogP contribution is 2.27. The van der Waals surface area contributed by atoms with Crippen molar-refractivity contribution in [2.24, 2.45) is 0 Å². The van der Waals surface area contributed by atoms with Crippen molar-refractivity contribution < 1.29 is 9.66 Å². The van der Waals surface area contributed by atoms with Crippen LogP contribution in [-0.2, 0) is 4.74 Å². The van der Waals surface area contributed by atoms with Gasteiger partial charge >= 0.3 is 5.00 Å². The predicted molar refractivity (Wildman–Crippen MR) is 59.8 cm³/mol.